The predicted molar refractivity (Wildman–Crippen MR) is 344 cm³/mol. The Morgan fingerprint density at radius 1 is 0.250 bits per heavy atom. The second kappa shape index (κ2) is 16.6. The van der Waals surface area contributed by atoms with Crippen molar-refractivity contribution in [2.24, 2.45) is 0 Å². The van der Waals surface area contributed by atoms with E-state index in [0.717, 1.165) is 99.3 Å². The minimum atomic E-state index is 0.581. The summed E-state index contributed by atoms with van der Waals surface area (Å²) in [5, 5.41) is 27.2. The lowest BCUT2D eigenvalue weighted by atomic mass is 9.88. The van der Waals surface area contributed by atoms with E-state index in [0.29, 0.717) is 5.56 Å². The molecule has 0 fully saturated rings. The quantitative estimate of drug-likeness (QED) is 0.169. The summed E-state index contributed by atoms with van der Waals surface area (Å²) >= 11 is 5.50. The van der Waals surface area contributed by atoms with Crippen molar-refractivity contribution in [3.8, 4) is 45.4 Å². The van der Waals surface area contributed by atoms with Gasteiger partial charge in [0.2, 0.25) is 0 Å². The Kier molecular flexibility index (Phi) is 9.18. The molecule has 7 heteroatoms. The molecule has 0 aliphatic carbocycles. The van der Waals surface area contributed by atoms with E-state index < -0.39 is 0 Å². The van der Waals surface area contributed by atoms with Crippen molar-refractivity contribution in [1.82, 2.24) is 13.7 Å². The van der Waals surface area contributed by atoms with Crippen LogP contribution in [0.15, 0.2) is 243 Å². The van der Waals surface area contributed by atoms with Crippen molar-refractivity contribution >= 4 is 160 Å². The van der Waals surface area contributed by atoms with Crippen LogP contribution in [-0.4, -0.2) is 13.7 Å². The fraction of sp³-hybridized carbons (Fsp3) is 0. The normalized spacial score (nSPS) is 12.2. The molecule has 0 spiro atoms. The number of nitrogens with zero attached hydrogens (tertiary/aromatic N) is 4. The zero-order valence-electron chi connectivity index (χ0n) is 42.6. The van der Waals surface area contributed by atoms with Crippen LogP contribution < -0.4 is 0 Å². The van der Waals surface area contributed by atoms with Crippen LogP contribution >= 0.6 is 34.0 Å². The molecule has 0 radical (unpaired) electrons. The van der Waals surface area contributed by atoms with Gasteiger partial charge in [-0.2, -0.15) is 5.26 Å². The van der Waals surface area contributed by atoms with Crippen molar-refractivity contribution in [2.45, 2.75) is 0 Å². The lowest BCUT2D eigenvalue weighted by molar-refractivity contribution is 1.09. The van der Waals surface area contributed by atoms with Crippen LogP contribution in [-0.2, 0) is 0 Å². The fourth-order valence-corrected chi connectivity index (χ4v) is 16.9. The Hall–Kier alpha value is -9.81. The van der Waals surface area contributed by atoms with Gasteiger partial charge in [-0.3, -0.25) is 0 Å². The number of para-hydroxylation sites is 3. The summed E-state index contributed by atoms with van der Waals surface area (Å²) in [7, 11) is 0. The maximum Gasteiger partial charge on any atom is 0.104 e. The highest BCUT2D eigenvalue weighted by Crippen LogP contribution is 2.54. The van der Waals surface area contributed by atoms with Crippen molar-refractivity contribution < 1.29 is 0 Å². The number of rotatable bonds is 5. The molecule has 0 N–H and O–H groups in total. The van der Waals surface area contributed by atoms with Gasteiger partial charge in [-0.1, -0.05) is 170 Å². The maximum atomic E-state index is 12.8. The zero-order chi connectivity index (χ0) is 52.3. The summed E-state index contributed by atoms with van der Waals surface area (Å²) in [6.45, 7) is 0. The number of thiophene rings is 3. The Bertz CT molecular complexity index is 5490. The molecule has 80 heavy (non-hydrogen) atoms. The molecule has 18 aromatic rings. The van der Waals surface area contributed by atoms with Gasteiger partial charge in [-0.15, -0.1) is 34.0 Å². The van der Waals surface area contributed by atoms with Gasteiger partial charge in [-0.05, 0) is 83.9 Å². The van der Waals surface area contributed by atoms with Crippen LogP contribution in [0.25, 0.3) is 165 Å². The van der Waals surface area contributed by atoms with E-state index in [9.17, 15) is 5.26 Å². The lowest BCUT2D eigenvalue weighted by Crippen LogP contribution is -2.13. The molecule has 0 aliphatic heterocycles. The van der Waals surface area contributed by atoms with Gasteiger partial charge < -0.3 is 13.7 Å². The molecule has 4 nitrogen and oxygen atoms in total. The molecule has 6 heterocycles. The fourth-order valence-electron chi connectivity index (χ4n) is 13.5. The molecule has 370 valence electrons. The highest BCUT2D eigenvalue weighted by molar-refractivity contribution is 7.26. The molecule has 0 saturated carbocycles. The largest absolute Gasteiger partial charge is 0.308 e. The van der Waals surface area contributed by atoms with E-state index in [2.05, 4.69) is 262 Å². The lowest BCUT2D eigenvalue weighted by Gasteiger charge is -2.28. The molecule has 6 aromatic heterocycles. The standard InChI is InChI=1S/C73H40N4S3/c74-41-56-71(75-57-29-13-7-23-44(57)50-35-53-47-26-10-16-32-63(47)78-66(53)38-60(50)75)69(42-19-3-1-4-20-42)73(77-59-31-15-9-25-46(59)52-37-55-49-28-12-18-34-65(49)80-68(55)40-62(52)77)70(43-21-5-2-6-22-43)72(56)76-58-30-14-8-24-45(58)51-36-54-48-27-11-17-33-64(48)79-67(54)39-61(51)76/h1-40H. The predicted octanol–water partition coefficient (Wildman–Crippen LogP) is 21.3. The van der Waals surface area contributed by atoms with Crippen molar-refractivity contribution in [3.63, 3.8) is 0 Å². The molecule has 0 aliphatic rings. The van der Waals surface area contributed by atoms with Crippen molar-refractivity contribution in [1.29, 1.82) is 5.26 Å². The van der Waals surface area contributed by atoms with E-state index in [1.54, 1.807) is 0 Å². The van der Waals surface area contributed by atoms with Gasteiger partial charge in [0.15, 0.2) is 0 Å². The van der Waals surface area contributed by atoms with Crippen molar-refractivity contribution in [2.75, 3.05) is 0 Å². The van der Waals surface area contributed by atoms with E-state index in [-0.39, 0.29) is 0 Å². The Labute approximate surface area is 469 Å². The first-order valence-electron chi connectivity index (χ1n) is 27.0. The minimum absolute atomic E-state index is 0.581. The minimum Gasteiger partial charge on any atom is -0.308 e. The topological polar surface area (TPSA) is 38.6 Å². The average Bonchev–Trinajstić information content (AvgIpc) is 4.51. The van der Waals surface area contributed by atoms with Crippen LogP contribution in [0.4, 0.5) is 0 Å². The Morgan fingerprint density at radius 3 is 0.900 bits per heavy atom. The number of hydrogen-bond acceptors (Lipinski definition) is 4. The third-order valence-electron chi connectivity index (χ3n) is 16.8. The molecule has 12 aromatic carbocycles. The smallest absolute Gasteiger partial charge is 0.104 e. The highest BCUT2D eigenvalue weighted by atomic mass is 32.1. The van der Waals surface area contributed by atoms with Crippen LogP contribution in [0.3, 0.4) is 0 Å². The van der Waals surface area contributed by atoms with Gasteiger partial charge in [0.25, 0.3) is 0 Å². The van der Waals surface area contributed by atoms with Crippen LogP contribution in [0.1, 0.15) is 5.56 Å². The second-order valence-corrected chi connectivity index (χ2v) is 24.2. The molecule has 0 saturated heterocycles. The third-order valence-corrected chi connectivity index (χ3v) is 20.2. The second-order valence-electron chi connectivity index (χ2n) is 21.0. The molecule has 0 bridgehead atoms. The number of benzene rings is 12. The maximum absolute atomic E-state index is 12.8. The molecule has 0 atom stereocenters. The Balaban J connectivity index is 1.13. The number of nitriles is 1. The first kappa shape index (κ1) is 44.2. The van der Waals surface area contributed by atoms with Gasteiger partial charge in [0, 0.05) is 104 Å². The molecule has 18 rings (SSSR count). The van der Waals surface area contributed by atoms with Crippen LogP contribution in [0, 0.1) is 11.3 Å². The molecule has 0 amide bonds. The summed E-state index contributed by atoms with van der Waals surface area (Å²) in [6, 6.07) is 92.2. The highest BCUT2D eigenvalue weighted by Gasteiger charge is 2.34. The van der Waals surface area contributed by atoms with E-state index in [1.807, 2.05) is 34.0 Å². The number of fused-ring (bicyclic) bond motifs is 18. The Morgan fingerprint density at radius 2 is 0.550 bits per heavy atom. The molecular weight excluding hydrogens is 1030 g/mol. The third kappa shape index (κ3) is 6.02. The first-order chi connectivity index (χ1) is 39.7. The zero-order valence-corrected chi connectivity index (χ0v) is 45.1. The van der Waals surface area contributed by atoms with E-state index in [4.69, 9.17) is 0 Å². The number of hydrogen-bond donors (Lipinski definition) is 0. The van der Waals surface area contributed by atoms with E-state index >= 15 is 0 Å². The van der Waals surface area contributed by atoms with Crippen LogP contribution in [0.5, 0.6) is 0 Å². The summed E-state index contributed by atoms with van der Waals surface area (Å²) in [5.41, 5.74) is 13.5. The van der Waals surface area contributed by atoms with Crippen LogP contribution in [0.2, 0.25) is 0 Å². The monoisotopic (exact) mass is 1070 g/mol. The SMILES string of the molecule is N#Cc1c(-n2c3ccccc3c3cc4c(cc32)sc2ccccc24)c(-c2ccccc2)c(-n2c3ccccc3c3cc4c(cc32)sc2ccccc24)c(-c2ccccc2)c1-n1c2ccccc2c2cc3c(cc21)sc1ccccc13. The average molecular weight is 1070 g/mol. The summed E-state index contributed by atoms with van der Waals surface area (Å²) < 4.78 is 14.9. The van der Waals surface area contributed by atoms with Gasteiger partial charge in [0.05, 0.1) is 50.2 Å². The first-order valence-corrected chi connectivity index (χ1v) is 29.4. The number of aromatic nitrogens is 3. The summed E-state index contributed by atoms with van der Waals surface area (Å²) in [6.07, 6.45) is 0. The summed E-state index contributed by atoms with van der Waals surface area (Å²) in [5.74, 6) is 0. The summed E-state index contributed by atoms with van der Waals surface area (Å²) in [4.78, 5) is 0. The van der Waals surface area contributed by atoms with Gasteiger partial charge in [-0.25, -0.2) is 0 Å². The van der Waals surface area contributed by atoms with Crippen molar-refractivity contribution in [3.05, 3.63) is 248 Å². The van der Waals surface area contributed by atoms with Gasteiger partial charge in [0.1, 0.15) is 11.6 Å². The molecule has 0 unspecified atom stereocenters. The molecular formula is C73H40N4S3. The van der Waals surface area contributed by atoms with E-state index in [1.165, 1.54) is 65.9 Å². The van der Waals surface area contributed by atoms with Gasteiger partial charge >= 0.3 is 0 Å².